The van der Waals surface area contributed by atoms with Crippen LogP contribution in [0.5, 0.6) is 0 Å². The number of nitrogens with zero attached hydrogens (tertiary/aromatic N) is 1. The summed E-state index contributed by atoms with van der Waals surface area (Å²) in [7, 11) is 0. The van der Waals surface area contributed by atoms with Gasteiger partial charge in [0.25, 0.3) is 0 Å². The van der Waals surface area contributed by atoms with E-state index in [-0.39, 0.29) is 0 Å². The lowest BCUT2D eigenvalue weighted by Crippen LogP contribution is -2.33. The van der Waals surface area contributed by atoms with Gasteiger partial charge < -0.3 is 4.90 Å². The summed E-state index contributed by atoms with van der Waals surface area (Å²) in [4.78, 5) is 2.53. The minimum Gasteiger partial charge on any atom is -0.302 e. The molecular weight excluding hydrogens is 130 g/mol. The summed E-state index contributed by atoms with van der Waals surface area (Å²) in [6, 6.07) is 0. The quantitative estimate of drug-likeness (QED) is 0.495. The van der Waals surface area contributed by atoms with Gasteiger partial charge in [-0.2, -0.15) is 12.6 Å². The van der Waals surface area contributed by atoms with Crippen molar-refractivity contribution in [2.45, 2.75) is 18.1 Å². The molecule has 0 aromatic heterocycles. The Morgan fingerprint density at radius 2 is 2.22 bits per heavy atom. The minimum absolute atomic E-state index is 0.672. The molecule has 2 aliphatic rings. The maximum Gasteiger partial charge on any atom is 0.0147 e. The van der Waals surface area contributed by atoms with E-state index < -0.39 is 0 Å². The first-order valence-electron chi connectivity index (χ1n) is 3.75. The fraction of sp³-hybridized carbons (Fsp3) is 1.00. The van der Waals surface area contributed by atoms with E-state index in [1.165, 1.54) is 32.5 Å². The summed E-state index contributed by atoms with van der Waals surface area (Å²) in [6.45, 7) is 3.93. The Morgan fingerprint density at radius 3 is 3.00 bits per heavy atom. The molecule has 0 spiro atoms. The van der Waals surface area contributed by atoms with Gasteiger partial charge in [0, 0.05) is 18.3 Å². The fourth-order valence-corrected chi connectivity index (χ4v) is 2.56. The summed E-state index contributed by atoms with van der Waals surface area (Å²) in [5.74, 6) is 0.987. The molecule has 0 aliphatic carbocycles. The Kier molecular flexibility index (Phi) is 1.46. The van der Waals surface area contributed by atoms with Crippen molar-refractivity contribution in [1.29, 1.82) is 0 Å². The van der Waals surface area contributed by atoms with Crippen LogP contribution >= 0.6 is 12.6 Å². The summed E-state index contributed by atoms with van der Waals surface area (Å²) >= 11 is 4.48. The second-order valence-electron chi connectivity index (χ2n) is 3.30. The zero-order chi connectivity index (χ0) is 6.27. The number of hydrogen-bond donors (Lipinski definition) is 1. The van der Waals surface area contributed by atoms with Gasteiger partial charge >= 0.3 is 0 Å². The zero-order valence-electron chi connectivity index (χ0n) is 5.58. The van der Waals surface area contributed by atoms with Crippen LogP contribution in [0.25, 0.3) is 0 Å². The van der Waals surface area contributed by atoms with Crippen molar-refractivity contribution in [2.24, 2.45) is 5.92 Å². The molecule has 2 saturated heterocycles. The lowest BCUT2D eigenvalue weighted by molar-refractivity contribution is 0.277. The molecule has 0 aromatic rings. The van der Waals surface area contributed by atoms with E-state index in [0.29, 0.717) is 5.25 Å². The molecule has 9 heavy (non-hydrogen) atoms. The third-order valence-corrected chi connectivity index (χ3v) is 2.82. The van der Waals surface area contributed by atoms with Gasteiger partial charge in [0.15, 0.2) is 0 Å². The second-order valence-corrected chi connectivity index (χ2v) is 4.03. The van der Waals surface area contributed by atoms with Crippen LogP contribution in [-0.2, 0) is 0 Å². The summed E-state index contributed by atoms with van der Waals surface area (Å²) in [6.07, 6.45) is 2.79. The summed E-state index contributed by atoms with van der Waals surface area (Å²) < 4.78 is 0. The SMILES string of the molecule is SC1CC2CCN(C1)C2. The smallest absolute Gasteiger partial charge is 0.0147 e. The number of thiol groups is 1. The monoisotopic (exact) mass is 143 g/mol. The molecule has 0 aromatic carbocycles. The van der Waals surface area contributed by atoms with Crippen molar-refractivity contribution >= 4 is 12.6 Å². The molecule has 0 radical (unpaired) electrons. The predicted octanol–water partition coefficient (Wildman–Crippen LogP) is 1.01. The third-order valence-electron chi connectivity index (χ3n) is 2.44. The van der Waals surface area contributed by atoms with E-state index in [1.54, 1.807) is 0 Å². The van der Waals surface area contributed by atoms with Crippen LogP contribution in [0.2, 0.25) is 0 Å². The van der Waals surface area contributed by atoms with Gasteiger partial charge in [0.05, 0.1) is 0 Å². The normalized spacial score (nSPS) is 49.7. The van der Waals surface area contributed by atoms with Crippen molar-refractivity contribution in [3.8, 4) is 0 Å². The molecule has 3 unspecified atom stereocenters. The van der Waals surface area contributed by atoms with Gasteiger partial charge in [0.1, 0.15) is 0 Å². The van der Waals surface area contributed by atoms with Gasteiger partial charge in [-0.1, -0.05) is 0 Å². The molecule has 2 heterocycles. The highest BCUT2D eigenvalue weighted by atomic mass is 32.1. The number of rotatable bonds is 0. The molecule has 1 nitrogen and oxygen atoms in total. The van der Waals surface area contributed by atoms with Crippen molar-refractivity contribution in [3.05, 3.63) is 0 Å². The summed E-state index contributed by atoms with van der Waals surface area (Å²) in [5.41, 5.74) is 0. The van der Waals surface area contributed by atoms with Crippen LogP contribution in [0.4, 0.5) is 0 Å². The number of piperidine rings is 1. The molecule has 2 fully saturated rings. The Morgan fingerprint density at radius 1 is 1.33 bits per heavy atom. The highest BCUT2D eigenvalue weighted by molar-refractivity contribution is 7.81. The second kappa shape index (κ2) is 2.17. The first kappa shape index (κ1) is 6.05. The Bertz CT molecular complexity index is 103. The maximum atomic E-state index is 4.48. The molecule has 2 bridgehead atoms. The van der Waals surface area contributed by atoms with Crippen LogP contribution in [-0.4, -0.2) is 29.8 Å². The first-order chi connectivity index (χ1) is 4.34. The van der Waals surface area contributed by atoms with Gasteiger partial charge in [0.2, 0.25) is 0 Å². The van der Waals surface area contributed by atoms with Gasteiger partial charge in [-0.15, -0.1) is 0 Å². The molecule has 0 amide bonds. The third kappa shape index (κ3) is 1.10. The Labute approximate surface area is 61.8 Å². The van der Waals surface area contributed by atoms with Crippen molar-refractivity contribution < 1.29 is 0 Å². The maximum absolute atomic E-state index is 4.48. The highest BCUT2D eigenvalue weighted by Crippen LogP contribution is 2.28. The molecule has 2 heteroatoms. The van der Waals surface area contributed by atoms with Crippen molar-refractivity contribution in [3.63, 3.8) is 0 Å². The molecule has 2 aliphatic heterocycles. The van der Waals surface area contributed by atoms with Crippen LogP contribution in [0.3, 0.4) is 0 Å². The lowest BCUT2D eigenvalue weighted by atomic mass is 10.0. The number of fused-ring (bicyclic) bond motifs is 2. The molecule has 0 N–H and O–H groups in total. The largest absolute Gasteiger partial charge is 0.302 e. The van der Waals surface area contributed by atoms with Gasteiger partial charge in [-0.3, -0.25) is 0 Å². The van der Waals surface area contributed by atoms with Crippen LogP contribution in [0.15, 0.2) is 0 Å². The average Bonchev–Trinajstić information content (AvgIpc) is 2.11. The zero-order valence-corrected chi connectivity index (χ0v) is 6.48. The Hall–Kier alpha value is 0.310. The van der Waals surface area contributed by atoms with E-state index in [9.17, 15) is 0 Å². The molecule has 52 valence electrons. The topological polar surface area (TPSA) is 3.24 Å². The lowest BCUT2D eigenvalue weighted by Gasteiger charge is -2.26. The van der Waals surface area contributed by atoms with Crippen LogP contribution in [0, 0.1) is 5.92 Å². The first-order valence-corrected chi connectivity index (χ1v) is 4.26. The summed E-state index contributed by atoms with van der Waals surface area (Å²) in [5, 5.41) is 0.672. The van der Waals surface area contributed by atoms with E-state index in [1.807, 2.05) is 0 Å². The van der Waals surface area contributed by atoms with E-state index in [0.717, 1.165) is 5.92 Å². The van der Waals surface area contributed by atoms with E-state index >= 15 is 0 Å². The molecule has 3 atom stereocenters. The van der Waals surface area contributed by atoms with Crippen LogP contribution < -0.4 is 0 Å². The van der Waals surface area contributed by atoms with Crippen molar-refractivity contribution in [2.75, 3.05) is 19.6 Å². The molecule has 0 saturated carbocycles. The Balaban J connectivity index is 2.03. The van der Waals surface area contributed by atoms with Crippen molar-refractivity contribution in [1.82, 2.24) is 4.90 Å². The molecule has 2 rings (SSSR count). The molecular formula is C7H13NS. The van der Waals surface area contributed by atoms with E-state index in [2.05, 4.69) is 17.5 Å². The minimum atomic E-state index is 0.672. The number of hydrogen-bond acceptors (Lipinski definition) is 2. The predicted molar refractivity (Wildman–Crippen MR) is 41.9 cm³/mol. The van der Waals surface area contributed by atoms with E-state index in [4.69, 9.17) is 0 Å². The van der Waals surface area contributed by atoms with Crippen LogP contribution in [0.1, 0.15) is 12.8 Å². The highest BCUT2D eigenvalue weighted by Gasteiger charge is 2.30. The van der Waals surface area contributed by atoms with Gasteiger partial charge in [-0.05, 0) is 25.3 Å². The standard InChI is InChI=1S/C7H13NS/c9-7-3-6-1-2-8(4-6)5-7/h6-7,9H,1-5H2. The average molecular weight is 143 g/mol. The van der Waals surface area contributed by atoms with Gasteiger partial charge in [-0.25, -0.2) is 0 Å². The fourth-order valence-electron chi connectivity index (χ4n) is 2.03.